The molecule has 1 amide bonds. The number of nitrogens with one attached hydrogen (secondary N) is 3. The average molecular weight is 687 g/mol. The number of ether oxygens (including phenoxy) is 1. The molecule has 2 aliphatic heterocycles. The minimum Gasteiger partial charge on any atom is -0.375 e. The van der Waals surface area contributed by atoms with Crippen LogP contribution in [0.4, 0.5) is 5.69 Å². The normalized spacial score (nSPS) is 20.1. The third-order valence-corrected chi connectivity index (χ3v) is 11.2. The Morgan fingerprint density at radius 3 is 2.23 bits per heavy atom. The quantitative estimate of drug-likeness (QED) is 0.240. The fraction of sp³-hybridized carbons (Fsp3) is 0.367. The summed E-state index contributed by atoms with van der Waals surface area (Å²) in [6.45, 7) is 2.12. The SMILES string of the molecule is CS(=O)(=O)[N+]1(NC(=O)C(COCc2ccc(Cl)c(Cl)c2)NCc2ccc(Cl)c(Cl)c2)CC2(CCNCC2)c2ccccc21. The van der Waals surface area contributed by atoms with E-state index in [1.54, 1.807) is 42.5 Å². The molecule has 1 fully saturated rings. The molecule has 1 spiro atoms. The number of piperidine rings is 1. The second-order valence-corrected chi connectivity index (χ2v) is 14.8. The highest BCUT2D eigenvalue weighted by molar-refractivity contribution is 7.90. The van der Waals surface area contributed by atoms with Crippen LogP contribution < -0.4 is 20.1 Å². The van der Waals surface area contributed by atoms with Crippen LogP contribution in [0.2, 0.25) is 20.1 Å². The van der Waals surface area contributed by atoms with Gasteiger partial charge in [-0.3, -0.25) is 10.1 Å². The third kappa shape index (κ3) is 6.85. The Hall–Kier alpha value is -1.92. The fourth-order valence-corrected chi connectivity index (χ4v) is 7.84. The summed E-state index contributed by atoms with van der Waals surface area (Å²) in [5.74, 6) is -0.514. The van der Waals surface area contributed by atoms with Crippen LogP contribution in [0, 0.1) is 0 Å². The first-order chi connectivity index (χ1) is 20.4. The van der Waals surface area contributed by atoms with Crippen LogP contribution in [-0.4, -0.2) is 52.9 Å². The Morgan fingerprint density at radius 1 is 0.953 bits per heavy atom. The van der Waals surface area contributed by atoms with Gasteiger partial charge in [0.05, 0.1) is 45.0 Å². The second-order valence-electron chi connectivity index (χ2n) is 11.1. The van der Waals surface area contributed by atoms with Crippen LogP contribution in [0.25, 0.3) is 0 Å². The van der Waals surface area contributed by atoms with Crippen molar-refractivity contribution in [1.29, 1.82) is 0 Å². The maximum Gasteiger partial charge on any atom is 0.321 e. The number of nitrogens with zero attached hydrogens (tertiary/aromatic N) is 1. The highest BCUT2D eigenvalue weighted by Crippen LogP contribution is 2.50. The van der Waals surface area contributed by atoms with E-state index in [0.29, 0.717) is 25.8 Å². The number of quaternary nitrogens is 1. The number of sulfonamides is 1. The molecule has 0 saturated carbocycles. The Morgan fingerprint density at radius 2 is 1.58 bits per heavy atom. The van der Waals surface area contributed by atoms with Crippen molar-refractivity contribution < 1.29 is 17.9 Å². The van der Waals surface area contributed by atoms with Crippen molar-refractivity contribution in [3.63, 3.8) is 0 Å². The molecule has 3 aromatic carbocycles. The van der Waals surface area contributed by atoms with Gasteiger partial charge in [-0.15, -0.1) is 0 Å². The maximum atomic E-state index is 14.1. The number of halogens is 4. The Kier molecular flexibility index (Phi) is 9.97. The minimum atomic E-state index is -3.87. The van der Waals surface area contributed by atoms with Crippen LogP contribution >= 0.6 is 46.4 Å². The molecule has 8 nitrogen and oxygen atoms in total. The smallest absolute Gasteiger partial charge is 0.321 e. The summed E-state index contributed by atoms with van der Waals surface area (Å²) < 4.78 is 32.6. The predicted octanol–water partition coefficient (Wildman–Crippen LogP) is 5.61. The van der Waals surface area contributed by atoms with Crippen molar-refractivity contribution in [2.75, 3.05) is 32.5 Å². The molecule has 43 heavy (non-hydrogen) atoms. The van der Waals surface area contributed by atoms with Crippen molar-refractivity contribution in [3.05, 3.63) is 97.4 Å². The van der Waals surface area contributed by atoms with Crippen LogP contribution in [-0.2, 0) is 38.1 Å². The third-order valence-electron chi connectivity index (χ3n) is 8.20. The molecule has 0 aliphatic carbocycles. The van der Waals surface area contributed by atoms with Crippen molar-refractivity contribution in [2.45, 2.75) is 37.5 Å². The summed E-state index contributed by atoms with van der Waals surface area (Å²) in [6, 6.07) is 17.0. The maximum absolute atomic E-state index is 14.1. The fourth-order valence-electron chi connectivity index (χ4n) is 5.94. The van der Waals surface area contributed by atoms with Crippen molar-refractivity contribution in [1.82, 2.24) is 20.1 Å². The van der Waals surface area contributed by atoms with E-state index in [2.05, 4.69) is 16.1 Å². The van der Waals surface area contributed by atoms with Gasteiger partial charge in [0.25, 0.3) is 5.91 Å². The van der Waals surface area contributed by atoms with Gasteiger partial charge in [0.1, 0.15) is 12.6 Å². The van der Waals surface area contributed by atoms with E-state index in [1.807, 2.05) is 18.2 Å². The van der Waals surface area contributed by atoms with E-state index in [-0.39, 0.29) is 31.7 Å². The van der Waals surface area contributed by atoms with Gasteiger partial charge >= 0.3 is 10.0 Å². The van der Waals surface area contributed by atoms with Crippen molar-refractivity contribution >= 4 is 68.0 Å². The van der Waals surface area contributed by atoms with E-state index >= 15 is 0 Å². The molecule has 230 valence electrons. The summed E-state index contributed by atoms with van der Waals surface area (Å²) in [5, 5.41) is 8.23. The zero-order chi connectivity index (χ0) is 30.8. The molecule has 3 N–H and O–H groups in total. The molecule has 0 bridgehead atoms. The highest BCUT2D eigenvalue weighted by Gasteiger charge is 2.60. The first kappa shape index (κ1) is 32.5. The number of para-hydroxylation sites is 1. The number of hydrogen-bond acceptors (Lipinski definition) is 6. The minimum absolute atomic E-state index is 0.0477. The van der Waals surface area contributed by atoms with Gasteiger partial charge in [0.2, 0.25) is 0 Å². The Labute approximate surface area is 272 Å². The van der Waals surface area contributed by atoms with E-state index in [9.17, 15) is 13.2 Å². The number of benzene rings is 3. The molecule has 2 heterocycles. The van der Waals surface area contributed by atoms with Gasteiger partial charge in [-0.2, -0.15) is 13.8 Å². The highest BCUT2D eigenvalue weighted by atomic mass is 35.5. The molecule has 5 rings (SSSR count). The first-order valence-corrected chi connectivity index (χ1v) is 17.2. The second kappa shape index (κ2) is 13.2. The summed E-state index contributed by atoms with van der Waals surface area (Å²) >= 11 is 24.5. The van der Waals surface area contributed by atoms with Crippen LogP contribution in [0.3, 0.4) is 0 Å². The topological polar surface area (TPSA) is 96.5 Å². The lowest BCUT2D eigenvalue weighted by Crippen LogP contribution is -2.68. The number of amides is 1. The van der Waals surface area contributed by atoms with Crippen LogP contribution in [0.1, 0.15) is 29.5 Å². The van der Waals surface area contributed by atoms with Gasteiger partial charge < -0.3 is 10.1 Å². The van der Waals surface area contributed by atoms with Crippen LogP contribution in [0.5, 0.6) is 0 Å². The molecule has 2 atom stereocenters. The van der Waals surface area contributed by atoms with Gasteiger partial charge in [-0.05, 0) is 61.3 Å². The zero-order valence-electron chi connectivity index (χ0n) is 23.5. The Bertz CT molecular complexity index is 1620. The lowest BCUT2D eigenvalue weighted by Gasteiger charge is -2.36. The molecule has 2 aliphatic rings. The molecule has 2 unspecified atom stereocenters. The molecule has 13 heteroatoms. The standard InChI is InChI=1S/C30H32Cl4N4O4S/c1-43(40,41)38(19-30(10-12-35-13-11-30)22-4-2-3-5-28(22)38)37-29(39)27(36-16-20-6-8-23(31)25(33)14-20)18-42-17-21-7-9-24(32)26(34)15-21/h2-9,14-15,27,35-36H,10-13,16-19H2,1H3/p+1. The largest absolute Gasteiger partial charge is 0.375 e. The zero-order valence-corrected chi connectivity index (χ0v) is 27.3. The Balaban J connectivity index is 1.42. The van der Waals surface area contributed by atoms with E-state index in [4.69, 9.17) is 51.1 Å². The van der Waals surface area contributed by atoms with Crippen molar-refractivity contribution in [2.24, 2.45) is 0 Å². The molecule has 1 saturated heterocycles. The number of carbonyl (C=O) groups excluding carboxylic acids is 1. The van der Waals surface area contributed by atoms with Crippen molar-refractivity contribution in [3.8, 4) is 0 Å². The van der Waals surface area contributed by atoms with E-state index in [0.717, 1.165) is 42.6 Å². The molecule has 3 aromatic rings. The first-order valence-electron chi connectivity index (χ1n) is 13.8. The van der Waals surface area contributed by atoms with Gasteiger partial charge in [0.15, 0.2) is 5.69 Å². The number of hydrogen-bond donors (Lipinski definition) is 3. The van der Waals surface area contributed by atoms with Crippen LogP contribution in [0.15, 0.2) is 60.7 Å². The lowest BCUT2D eigenvalue weighted by molar-refractivity contribution is -0.127. The van der Waals surface area contributed by atoms with Gasteiger partial charge in [-0.25, -0.2) is 0 Å². The van der Waals surface area contributed by atoms with E-state index in [1.165, 1.54) is 6.26 Å². The van der Waals surface area contributed by atoms with Gasteiger partial charge in [-0.1, -0.05) is 80.7 Å². The van der Waals surface area contributed by atoms with E-state index < -0.39 is 26.0 Å². The van der Waals surface area contributed by atoms with Gasteiger partial charge in [0, 0.05) is 18.2 Å². The molecule has 0 aromatic heterocycles. The predicted molar refractivity (Wildman–Crippen MR) is 173 cm³/mol. The average Bonchev–Trinajstić information content (AvgIpc) is 3.24. The lowest BCUT2D eigenvalue weighted by atomic mass is 9.75. The number of rotatable bonds is 10. The molecular formula is C30H33Cl4N4O4S+. The summed E-state index contributed by atoms with van der Waals surface area (Å²) in [4.78, 5) is 14.1. The molecule has 0 radical (unpaired) electrons. The summed E-state index contributed by atoms with van der Waals surface area (Å²) in [7, 11) is -3.87. The molecular weight excluding hydrogens is 654 g/mol. The number of carbonyl (C=O) groups is 1. The summed E-state index contributed by atoms with van der Waals surface area (Å²) in [5.41, 5.74) is 5.66. The number of fused-ring (bicyclic) bond motifs is 2. The summed E-state index contributed by atoms with van der Waals surface area (Å²) in [6.07, 6.45) is 2.70. The monoisotopic (exact) mass is 685 g/mol.